The largest absolute Gasteiger partial charge is 0.0886 e. The molecule has 0 aromatic rings. The third kappa shape index (κ3) is 3.73. The molecular formula is C9H15Cl. The summed E-state index contributed by atoms with van der Waals surface area (Å²) in [5.74, 6) is 0. The molecule has 0 atom stereocenters. The normalized spacial score (nSPS) is 14.7. The van der Waals surface area contributed by atoms with Crippen molar-refractivity contribution < 1.29 is 0 Å². The average molecular weight is 159 g/mol. The Morgan fingerprint density at radius 2 is 1.80 bits per heavy atom. The number of halogens is 1. The second-order valence-corrected chi connectivity index (χ2v) is 3.70. The van der Waals surface area contributed by atoms with Crippen molar-refractivity contribution in [2.45, 2.75) is 27.7 Å². The van der Waals surface area contributed by atoms with Crippen molar-refractivity contribution in [2.24, 2.45) is 5.41 Å². The lowest BCUT2D eigenvalue weighted by atomic mass is 9.96. The maximum Gasteiger partial charge on any atom is 0.0234 e. The minimum atomic E-state index is 0.0844. The van der Waals surface area contributed by atoms with Crippen molar-refractivity contribution in [3.8, 4) is 0 Å². The highest BCUT2D eigenvalue weighted by Gasteiger charge is 2.12. The van der Waals surface area contributed by atoms with Gasteiger partial charge in [0.05, 0.1) is 0 Å². The predicted molar refractivity (Wildman–Crippen MR) is 48.2 cm³/mol. The Kier molecular flexibility index (Phi) is 3.73. The Hall–Kier alpha value is -0.230. The fourth-order valence-corrected chi connectivity index (χ4v) is 0.503. The smallest absolute Gasteiger partial charge is 0.0234 e. The van der Waals surface area contributed by atoms with E-state index in [1.54, 1.807) is 0 Å². The second-order valence-electron chi connectivity index (χ2n) is 3.29. The SMILES string of the molecule is C/C=C/C=C(/Cl)C(C)(C)C. The first-order valence-electron chi connectivity index (χ1n) is 3.47. The Balaban J connectivity index is 4.20. The van der Waals surface area contributed by atoms with Gasteiger partial charge in [-0.1, -0.05) is 44.5 Å². The first-order valence-corrected chi connectivity index (χ1v) is 3.85. The van der Waals surface area contributed by atoms with Gasteiger partial charge >= 0.3 is 0 Å². The minimum Gasteiger partial charge on any atom is -0.0886 e. The summed E-state index contributed by atoms with van der Waals surface area (Å²) in [6.45, 7) is 8.25. The Labute approximate surface area is 68.6 Å². The molecule has 0 rings (SSSR count). The lowest BCUT2D eigenvalue weighted by Crippen LogP contribution is -2.03. The van der Waals surface area contributed by atoms with Crippen LogP contribution >= 0.6 is 11.6 Å². The highest BCUT2D eigenvalue weighted by Crippen LogP contribution is 2.27. The van der Waals surface area contributed by atoms with Gasteiger partial charge in [0.2, 0.25) is 0 Å². The zero-order valence-electron chi connectivity index (χ0n) is 7.11. The molecule has 0 heterocycles. The molecule has 0 aliphatic rings. The molecule has 0 aliphatic heterocycles. The molecule has 0 fully saturated rings. The summed E-state index contributed by atoms with van der Waals surface area (Å²) in [6.07, 6.45) is 5.85. The third-order valence-electron chi connectivity index (χ3n) is 1.15. The van der Waals surface area contributed by atoms with Crippen molar-refractivity contribution in [3.05, 3.63) is 23.3 Å². The molecule has 0 aliphatic carbocycles. The molecule has 0 aromatic heterocycles. The van der Waals surface area contributed by atoms with Gasteiger partial charge in [-0.25, -0.2) is 0 Å². The van der Waals surface area contributed by atoms with Crippen LogP contribution < -0.4 is 0 Å². The van der Waals surface area contributed by atoms with Crippen molar-refractivity contribution in [3.63, 3.8) is 0 Å². The van der Waals surface area contributed by atoms with Crippen LogP contribution in [0.25, 0.3) is 0 Å². The number of rotatable bonds is 1. The first kappa shape index (κ1) is 9.77. The van der Waals surface area contributed by atoms with Crippen LogP contribution in [0.1, 0.15) is 27.7 Å². The molecule has 0 nitrogen and oxygen atoms in total. The zero-order valence-corrected chi connectivity index (χ0v) is 7.87. The van der Waals surface area contributed by atoms with Gasteiger partial charge in [0.1, 0.15) is 0 Å². The van der Waals surface area contributed by atoms with Crippen molar-refractivity contribution in [2.75, 3.05) is 0 Å². The van der Waals surface area contributed by atoms with E-state index in [1.807, 2.05) is 25.2 Å². The van der Waals surface area contributed by atoms with E-state index in [2.05, 4.69) is 20.8 Å². The number of allylic oxidation sites excluding steroid dienone is 4. The molecule has 1 heteroatoms. The summed E-state index contributed by atoms with van der Waals surface area (Å²) in [5, 5.41) is 0.894. The van der Waals surface area contributed by atoms with E-state index < -0.39 is 0 Å². The third-order valence-corrected chi connectivity index (χ3v) is 1.84. The van der Waals surface area contributed by atoms with Gasteiger partial charge in [0, 0.05) is 5.03 Å². The molecule has 0 radical (unpaired) electrons. The molecule has 0 unspecified atom stereocenters. The van der Waals surface area contributed by atoms with E-state index in [4.69, 9.17) is 11.6 Å². The lowest BCUT2D eigenvalue weighted by Gasteiger charge is -2.16. The van der Waals surface area contributed by atoms with Crippen molar-refractivity contribution in [1.82, 2.24) is 0 Å². The van der Waals surface area contributed by atoms with Gasteiger partial charge in [-0.2, -0.15) is 0 Å². The Bertz CT molecular complexity index is 147. The average Bonchev–Trinajstić information content (AvgIpc) is 1.80. The van der Waals surface area contributed by atoms with Crippen molar-refractivity contribution in [1.29, 1.82) is 0 Å². The molecule has 0 spiro atoms. The van der Waals surface area contributed by atoms with Crippen LogP contribution in [0.3, 0.4) is 0 Å². The van der Waals surface area contributed by atoms with Crippen LogP contribution in [-0.4, -0.2) is 0 Å². The molecular weight excluding hydrogens is 144 g/mol. The van der Waals surface area contributed by atoms with Gasteiger partial charge in [-0.3, -0.25) is 0 Å². The lowest BCUT2D eigenvalue weighted by molar-refractivity contribution is 0.531. The fraction of sp³-hybridized carbons (Fsp3) is 0.556. The molecule has 0 amide bonds. The molecule has 0 saturated heterocycles. The van der Waals surface area contributed by atoms with E-state index in [9.17, 15) is 0 Å². The Morgan fingerprint density at radius 3 is 2.10 bits per heavy atom. The molecule has 10 heavy (non-hydrogen) atoms. The topological polar surface area (TPSA) is 0 Å². The molecule has 0 aromatic carbocycles. The highest BCUT2D eigenvalue weighted by molar-refractivity contribution is 6.30. The highest BCUT2D eigenvalue weighted by atomic mass is 35.5. The standard InChI is InChI=1S/C9H15Cl/c1-5-6-7-8(10)9(2,3)4/h5-7H,1-4H3/b6-5+,8-7+. The monoisotopic (exact) mass is 158 g/mol. The van der Waals surface area contributed by atoms with Crippen LogP contribution in [0, 0.1) is 5.41 Å². The maximum atomic E-state index is 5.95. The summed E-state index contributed by atoms with van der Waals surface area (Å²) in [4.78, 5) is 0. The van der Waals surface area contributed by atoms with Crippen LogP contribution in [0.15, 0.2) is 23.3 Å². The van der Waals surface area contributed by atoms with Gasteiger partial charge in [0.25, 0.3) is 0 Å². The van der Waals surface area contributed by atoms with E-state index in [1.165, 1.54) is 0 Å². The molecule has 0 bridgehead atoms. The van der Waals surface area contributed by atoms with E-state index in [-0.39, 0.29) is 5.41 Å². The summed E-state index contributed by atoms with van der Waals surface area (Å²) >= 11 is 5.95. The van der Waals surface area contributed by atoms with Gasteiger partial charge in [-0.15, -0.1) is 0 Å². The van der Waals surface area contributed by atoms with Crippen LogP contribution in [0.5, 0.6) is 0 Å². The van der Waals surface area contributed by atoms with Crippen LogP contribution in [0.4, 0.5) is 0 Å². The van der Waals surface area contributed by atoms with E-state index in [0.717, 1.165) is 5.03 Å². The first-order chi connectivity index (χ1) is 4.48. The zero-order chi connectivity index (χ0) is 8.20. The molecule has 0 saturated carbocycles. The van der Waals surface area contributed by atoms with Gasteiger partial charge in [-0.05, 0) is 18.4 Å². The summed E-state index contributed by atoms with van der Waals surface area (Å²) < 4.78 is 0. The summed E-state index contributed by atoms with van der Waals surface area (Å²) in [5.41, 5.74) is 0.0844. The van der Waals surface area contributed by atoms with Gasteiger partial charge < -0.3 is 0 Å². The van der Waals surface area contributed by atoms with Crippen molar-refractivity contribution >= 4 is 11.6 Å². The van der Waals surface area contributed by atoms with Gasteiger partial charge in [0.15, 0.2) is 0 Å². The summed E-state index contributed by atoms with van der Waals surface area (Å²) in [6, 6.07) is 0. The van der Waals surface area contributed by atoms with E-state index >= 15 is 0 Å². The quantitative estimate of drug-likeness (QED) is 0.511. The Morgan fingerprint density at radius 1 is 1.30 bits per heavy atom. The fourth-order valence-electron chi connectivity index (χ4n) is 0.431. The summed E-state index contributed by atoms with van der Waals surface area (Å²) in [7, 11) is 0. The maximum absolute atomic E-state index is 5.95. The minimum absolute atomic E-state index is 0.0844. The van der Waals surface area contributed by atoms with E-state index in [0.29, 0.717) is 0 Å². The second kappa shape index (κ2) is 3.82. The van der Waals surface area contributed by atoms with Crippen LogP contribution in [-0.2, 0) is 0 Å². The number of hydrogen-bond acceptors (Lipinski definition) is 0. The molecule has 58 valence electrons. The molecule has 0 N–H and O–H groups in total. The predicted octanol–water partition coefficient (Wildman–Crippen LogP) is 3.73. The van der Waals surface area contributed by atoms with Crippen LogP contribution in [0.2, 0.25) is 0 Å². The number of hydrogen-bond donors (Lipinski definition) is 0.